The zero-order valence-electron chi connectivity index (χ0n) is 11.7. The Balaban J connectivity index is 1.74. The van der Waals surface area contributed by atoms with Crippen molar-refractivity contribution in [3.8, 4) is 0 Å². The topological polar surface area (TPSA) is 106 Å². The number of hydrogen-bond acceptors (Lipinski definition) is 7. The molecule has 4 atom stereocenters. The molecule has 0 bridgehead atoms. The van der Waals surface area contributed by atoms with Gasteiger partial charge >= 0.3 is 0 Å². The van der Waals surface area contributed by atoms with E-state index in [0.717, 1.165) is 11.1 Å². The summed E-state index contributed by atoms with van der Waals surface area (Å²) in [6.45, 7) is 1.88. The van der Waals surface area contributed by atoms with E-state index in [1.807, 2.05) is 13.0 Å². The van der Waals surface area contributed by atoms with Crippen LogP contribution in [-0.2, 0) is 4.74 Å². The van der Waals surface area contributed by atoms with E-state index in [1.54, 1.807) is 10.8 Å². The molecule has 0 saturated carbocycles. The number of aliphatic hydroxyl groups is 2. The lowest BCUT2D eigenvalue weighted by atomic mass is 10.1. The van der Waals surface area contributed by atoms with E-state index in [4.69, 9.17) is 9.15 Å². The fourth-order valence-corrected chi connectivity index (χ4v) is 2.79. The number of aromatic nitrogens is 4. The summed E-state index contributed by atoms with van der Waals surface area (Å²) < 4.78 is 12.6. The standard InChI is InChI=1S/C14H14N4O4/c1-7-8-2-3-18(13(8)17-5-16-7)14-11(20)10(19)12(22-14)9-4-15-6-21-9/h2-6,10-12,14,19-20H,1H3/t10-,11?,12-,14+/m0/s1. The summed E-state index contributed by atoms with van der Waals surface area (Å²) in [6, 6.07) is 1.86. The van der Waals surface area contributed by atoms with Crippen molar-refractivity contribution in [1.29, 1.82) is 0 Å². The van der Waals surface area contributed by atoms with E-state index in [0.29, 0.717) is 11.4 Å². The maximum absolute atomic E-state index is 10.3. The fraction of sp³-hybridized carbons (Fsp3) is 0.357. The van der Waals surface area contributed by atoms with Gasteiger partial charge in [0.05, 0.1) is 11.9 Å². The lowest BCUT2D eigenvalue weighted by Gasteiger charge is -2.17. The molecule has 1 aliphatic heterocycles. The first-order valence-electron chi connectivity index (χ1n) is 6.85. The van der Waals surface area contributed by atoms with Crippen LogP contribution < -0.4 is 0 Å². The normalized spacial score (nSPS) is 28.5. The summed E-state index contributed by atoms with van der Waals surface area (Å²) >= 11 is 0. The summed E-state index contributed by atoms with van der Waals surface area (Å²) in [5, 5.41) is 21.4. The molecule has 3 aromatic heterocycles. The van der Waals surface area contributed by atoms with Crippen LogP contribution in [0.5, 0.6) is 0 Å². The van der Waals surface area contributed by atoms with Crippen LogP contribution >= 0.6 is 0 Å². The molecule has 0 amide bonds. The van der Waals surface area contributed by atoms with Crippen molar-refractivity contribution in [2.75, 3.05) is 0 Å². The molecule has 0 spiro atoms. The van der Waals surface area contributed by atoms with Gasteiger partial charge in [0, 0.05) is 11.6 Å². The van der Waals surface area contributed by atoms with E-state index in [2.05, 4.69) is 15.0 Å². The third kappa shape index (κ3) is 1.85. The molecule has 8 heteroatoms. The maximum Gasteiger partial charge on any atom is 0.180 e. The second-order valence-electron chi connectivity index (χ2n) is 5.25. The predicted octanol–water partition coefficient (Wildman–Crippen LogP) is 0.720. The molecule has 4 rings (SSSR count). The first-order valence-corrected chi connectivity index (χ1v) is 6.85. The monoisotopic (exact) mass is 302 g/mol. The molecule has 3 aromatic rings. The third-order valence-electron chi connectivity index (χ3n) is 3.95. The number of rotatable bonds is 2. The van der Waals surface area contributed by atoms with Crippen LogP contribution in [0.4, 0.5) is 0 Å². The Bertz CT molecular complexity index is 800. The van der Waals surface area contributed by atoms with Gasteiger partial charge in [-0.2, -0.15) is 0 Å². The molecule has 114 valence electrons. The zero-order chi connectivity index (χ0) is 15.3. The van der Waals surface area contributed by atoms with Crippen molar-refractivity contribution < 1.29 is 19.4 Å². The SMILES string of the molecule is Cc1ncnc2c1ccn2[C@@H]1O[C@@H](c2cnco2)[C@@H](O)C1O. The second kappa shape index (κ2) is 4.87. The van der Waals surface area contributed by atoms with E-state index < -0.39 is 24.5 Å². The minimum atomic E-state index is -1.11. The third-order valence-corrected chi connectivity index (χ3v) is 3.95. The van der Waals surface area contributed by atoms with Gasteiger partial charge in [-0.15, -0.1) is 0 Å². The second-order valence-corrected chi connectivity index (χ2v) is 5.25. The van der Waals surface area contributed by atoms with Gasteiger partial charge in [-0.1, -0.05) is 0 Å². The molecule has 1 aliphatic rings. The first kappa shape index (κ1) is 13.4. The lowest BCUT2D eigenvalue weighted by Crippen LogP contribution is -2.28. The number of aryl methyl sites for hydroxylation is 1. The summed E-state index contributed by atoms with van der Waals surface area (Å²) in [5.74, 6) is 0.372. The number of aliphatic hydroxyl groups excluding tert-OH is 2. The van der Waals surface area contributed by atoms with Crippen LogP contribution in [0.15, 0.2) is 35.6 Å². The summed E-state index contributed by atoms with van der Waals surface area (Å²) in [5.41, 5.74) is 1.48. The maximum atomic E-state index is 10.3. The van der Waals surface area contributed by atoms with Crippen molar-refractivity contribution >= 4 is 11.0 Å². The lowest BCUT2D eigenvalue weighted by molar-refractivity contribution is -0.0416. The Morgan fingerprint density at radius 3 is 2.86 bits per heavy atom. The van der Waals surface area contributed by atoms with E-state index in [1.165, 1.54) is 18.9 Å². The molecule has 8 nitrogen and oxygen atoms in total. The number of fused-ring (bicyclic) bond motifs is 1. The number of ether oxygens (including phenoxy) is 1. The highest BCUT2D eigenvalue weighted by atomic mass is 16.6. The molecule has 2 N–H and O–H groups in total. The van der Waals surface area contributed by atoms with Crippen LogP contribution in [0.2, 0.25) is 0 Å². The van der Waals surface area contributed by atoms with E-state index in [9.17, 15) is 10.2 Å². The molecule has 1 saturated heterocycles. The van der Waals surface area contributed by atoms with Gasteiger partial charge in [-0.25, -0.2) is 15.0 Å². The largest absolute Gasteiger partial charge is 0.446 e. The van der Waals surface area contributed by atoms with Crippen molar-refractivity contribution in [2.24, 2.45) is 0 Å². The minimum absolute atomic E-state index is 0.372. The van der Waals surface area contributed by atoms with Crippen LogP contribution in [-0.4, -0.2) is 41.9 Å². The molecular weight excluding hydrogens is 288 g/mol. The Hall–Kier alpha value is -2.29. The minimum Gasteiger partial charge on any atom is -0.446 e. The summed E-state index contributed by atoms with van der Waals surface area (Å²) in [7, 11) is 0. The predicted molar refractivity (Wildman–Crippen MR) is 73.6 cm³/mol. The first-order chi connectivity index (χ1) is 10.7. The van der Waals surface area contributed by atoms with Gasteiger partial charge in [0.1, 0.15) is 30.3 Å². The quantitative estimate of drug-likeness (QED) is 0.718. The fourth-order valence-electron chi connectivity index (χ4n) is 2.79. The van der Waals surface area contributed by atoms with Crippen LogP contribution in [0.3, 0.4) is 0 Å². The van der Waals surface area contributed by atoms with Crippen LogP contribution in [0.1, 0.15) is 23.8 Å². The molecular formula is C14H14N4O4. The van der Waals surface area contributed by atoms with Gasteiger partial charge in [0.15, 0.2) is 18.4 Å². The molecule has 1 unspecified atom stereocenters. The Morgan fingerprint density at radius 2 is 2.09 bits per heavy atom. The van der Waals surface area contributed by atoms with Gasteiger partial charge < -0.3 is 23.9 Å². The molecule has 0 aliphatic carbocycles. The molecule has 22 heavy (non-hydrogen) atoms. The Morgan fingerprint density at radius 1 is 1.23 bits per heavy atom. The van der Waals surface area contributed by atoms with Gasteiger partial charge in [0.2, 0.25) is 0 Å². The van der Waals surface area contributed by atoms with Crippen molar-refractivity contribution in [2.45, 2.75) is 31.5 Å². The zero-order valence-corrected chi connectivity index (χ0v) is 11.7. The summed E-state index contributed by atoms with van der Waals surface area (Å²) in [4.78, 5) is 12.2. The highest BCUT2D eigenvalue weighted by Crippen LogP contribution is 2.39. The Labute approximate surface area is 125 Å². The van der Waals surface area contributed by atoms with Crippen LogP contribution in [0, 0.1) is 6.92 Å². The molecule has 4 heterocycles. The average Bonchev–Trinajstić information content (AvgIpc) is 3.21. The highest BCUT2D eigenvalue weighted by Gasteiger charge is 2.46. The van der Waals surface area contributed by atoms with Crippen molar-refractivity contribution in [3.05, 3.63) is 42.6 Å². The smallest absolute Gasteiger partial charge is 0.180 e. The number of oxazole rings is 1. The van der Waals surface area contributed by atoms with Crippen molar-refractivity contribution in [1.82, 2.24) is 19.5 Å². The highest BCUT2D eigenvalue weighted by molar-refractivity contribution is 5.78. The number of hydrogen-bond donors (Lipinski definition) is 2. The van der Waals surface area contributed by atoms with E-state index >= 15 is 0 Å². The van der Waals surface area contributed by atoms with E-state index in [-0.39, 0.29) is 0 Å². The van der Waals surface area contributed by atoms with Gasteiger partial charge in [-0.3, -0.25) is 0 Å². The molecule has 1 fully saturated rings. The van der Waals surface area contributed by atoms with Crippen LogP contribution in [0.25, 0.3) is 11.0 Å². The average molecular weight is 302 g/mol. The Kier molecular flexibility index (Phi) is 2.96. The molecule has 0 aromatic carbocycles. The molecule has 0 radical (unpaired) electrons. The number of nitrogens with zero attached hydrogens (tertiary/aromatic N) is 4. The van der Waals surface area contributed by atoms with Gasteiger partial charge in [-0.05, 0) is 13.0 Å². The summed E-state index contributed by atoms with van der Waals surface area (Å²) in [6.07, 6.45) is 2.17. The van der Waals surface area contributed by atoms with Crippen molar-refractivity contribution in [3.63, 3.8) is 0 Å². The van der Waals surface area contributed by atoms with Gasteiger partial charge in [0.25, 0.3) is 0 Å².